The average Bonchev–Trinajstić information content (AvgIpc) is 3.25. The molecule has 172 valence electrons. The highest BCUT2D eigenvalue weighted by Crippen LogP contribution is 2.27. The number of ketones is 1. The third-order valence-electron chi connectivity index (χ3n) is 6.30. The van der Waals surface area contributed by atoms with Gasteiger partial charge in [-0.25, -0.2) is 14.5 Å². The van der Waals surface area contributed by atoms with E-state index in [0.717, 1.165) is 62.2 Å². The maximum Gasteiger partial charge on any atom is 0.336 e. The van der Waals surface area contributed by atoms with Crippen LogP contribution in [-0.2, 0) is 13.0 Å². The van der Waals surface area contributed by atoms with Gasteiger partial charge in [0.2, 0.25) is 11.6 Å². The van der Waals surface area contributed by atoms with Crippen molar-refractivity contribution >= 4 is 11.8 Å². The lowest BCUT2D eigenvalue weighted by atomic mass is 9.86. The van der Waals surface area contributed by atoms with Gasteiger partial charge in [0.1, 0.15) is 5.82 Å². The zero-order valence-corrected chi connectivity index (χ0v) is 19.0. The maximum absolute atomic E-state index is 13.0. The molecule has 0 saturated heterocycles. The number of aromatic carboxylic acids is 1. The molecule has 1 saturated carbocycles. The Hall–Kier alpha value is -3.35. The number of rotatable bonds is 9. The van der Waals surface area contributed by atoms with Crippen LogP contribution in [0, 0.1) is 5.92 Å². The molecule has 2 aromatic heterocycles. The fourth-order valence-corrected chi connectivity index (χ4v) is 4.42. The number of hydrogen-bond acceptors (Lipinski definition) is 5. The number of Topliss-reactive ketones (excluding diaryl/α,β-unsaturated/α-hetero) is 1. The van der Waals surface area contributed by atoms with Gasteiger partial charge in [0.15, 0.2) is 0 Å². The lowest BCUT2D eigenvalue weighted by molar-refractivity contribution is 0.0697. The first-order valence-corrected chi connectivity index (χ1v) is 11.8. The summed E-state index contributed by atoms with van der Waals surface area (Å²) >= 11 is 0. The van der Waals surface area contributed by atoms with E-state index in [1.807, 2.05) is 22.9 Å². The molecule has 2 heterocycles. The van der Waals surface area contributed by atoms with E-state index in [2.05, 4.69) is 22.0 Å². The predicted octanol–water partition coefficient (Wildman–Crippen LogP) is 5.19. The van der Waals surface area contributed by atoms with Crippen molar-refractivity contribution in [3.63, 3.8) is 0 Å². The highest BCUT2D eigenvalue weighted by molar-refractivity contribution is 5.96. The predicted molar refractivity (Wildman–Crippen MR) is 125 cm³/mol. The van der Waals surface area contributed by atoms with Crippen molar-refractivity contribution in [2.45, 2.75) is 64.8 Å². The van der Waals surface area contributed by atoms with Crippen LogP contribution in [0.3, 0.4) is 0 Å². The topological polar surface area (TPSA) is 98.0 Å². The molecule has 3 aromatic rings. The number of carboxylic acid groups (broad SMARTS) is 1. The monoisotopic (exact) mass is 446 g/mol. The fourth-order valence-electron chi connectivity index (χ4n) is 4.42. The van der Waals surface area contributed by atoms with Crippen molar-refractivity contribution in [1.82, 2.24) is 19.7 Å². The second kappa shape index (κ2) is 10.5. The summed E-state index contributed by atoms with van der Waals surface area (Å²) in [6.45, 7) is 2.85. The first-order chi connectivity index (χ1) is 16.1. The SMILES string of the molecule is CCCCn1nc(C(=O)C2CCCCC2)nc1Cc1ccc(-c2ccccc2C(=O)O)cn1. The van der Waals surface area contributed by atoms with Gasteiger partial charge in [-0.05, 0) is 37.0 Å². The average molecular weight is 447 g/mol. The van der Waals surface area contributed by atoms with Crippen LogP contribution < -0.4 is 0 Å². The molecule has 0 aliphatic heterocycles. The van der Waals surface area contributed by atoms with Crippen molar-refractivity contribution in [2.24, 2.45) is 5.92 Å². The van der Waals surface area contributed by atoms with Gasteiger partial charge in [-0.3, -0.25) is 9.78 Å². The van der Waals surface area contributed by atoms with Gasteiger partial charge in [-0.2, -0.15) is 0 Å². The molecule has 1 aliphatic rings. The van der Waals surface area contributed by atoms with Crippen LogP contribution in [0.4, 0.5) is 0 Å². The Bertz CT molecular complexity index is 1110. The van der Waals surface area contributed by atoms with Gasteiger partial charge in [0.25, 0.3) is 0 Å². The van der Waals surface area contributed by atoms with Crippen LogP contribution >= 0.6 is 0 Å². The van der Waals surface area contributed by atoms with E-state index in [0.29, 0.717) is 17.8 Å². The lowest BCUT2D eigenvalue weighted by Crippen LogP contribution is -2.19. The van der Waals surface area contributed by atoms with Gasteiger partial charge in [0.05, 0.1) is 5.56 Å². The van der Waals surface area contributed by atoms with Crippen LogP contribution in [0.2, 0.25) is 0 Å². The summed E-state index contributed by atoms with van der Waals surface area (Å²) in [6.07, 6.45) is 9.41. The zero-order chi connectivity index (χ0) is 23.2. The van der Waals surface area contributed by atoms with Crippen LogP contribution in [-0.4, -0.2) is 36.6 Å². The largest absolute Gasteiger partial charge is 0.478 e. The molecule has 0 radical (unpaired) electrons. The summed E-state index contributed by atoms with van der Waals surface area (Å²) in [5.74, 6) is 0.225. The normalized spacial score (nSPS) is 14.3. The third-order valence-corrected chi connectivity index (χ3v) is 6.30. The smallest absolute Gasteiger partial charge is 0.336 e. The van der Waals surface area contributed by atoms with Crippen molar-refractivity contribution in [2.75, 3.05) is 0 Å². The van der Waals surface area contributed by atoms with Crippen molar-refractivity contribution in [1.29, 1.82) is 0 Å². The van der Waals surface area contributed by atoms with Gasteiger partial charge in [-0.15, -0.1) is 5.10 Å². The first-order valence-electron chi connectivity index (χ1n) is 11.8. The number of hydrogen-bond donors (Lipinski definition) is 1. The Morgan fingerprint density at radius 1 is 1.09 bits per heavy atom. The maximum atomic E-state index is 13.0. The Morgan fingerprint density at radius 2 is 1.88 bits per heavy atom. The lowest BCUT2D eigenvalue weighted by Gasteiger charge is -2.18. The Morgan fingerprint density at radius 3 is 2.58 bits per heavy atom. The Balaban J connectivity index is 1.56. The molecule has 7 heteroatoms. The zero-order valence-electron chi connectivity index (χ0n) is 19.0. The van der Waals surface area contributed by atoms with Crippen LogP contribution in [0.5, 0.6) is 0 Å². The van der Waals surface area contributed by atoms with Gasteiger partial charge in [-0.1, -0.05) is 56.9 Å². The minimum Gasteiger partial charge on any atom is -0.478 e. The molecule has 1 N–H and O–H groups in total. The number of aromatic nitrogens is 4. The van der Waals surface area contributed by atoms with E-state index in [1.54, 1.807) is 24.4 Å². The number of carbonyl (C=O) groups is 2. The molecular formula is C26H30N4O3. The molecule has 0 amide bonds. The van der Waals surface area contributed by atoms with Crippen LogP contribution in [0.25, 0.3) is 11.1 Å². The van der Waals surface area contributed by atoms with Crippen LogP contribution in [0.1, 0.15) is 84.4 Å². The molecule has 4 rings (SSSR count). The highest BCUT2D eigenvalue weighted by Gasteiger charge is 2.26. The second-order valence-electron chi connectivity index (χ2n) is 8.69. The van der Waals surface area contributed by atoms with E-state index >= 15 is 0 Å². The number of nitrogens with zero attached hydrogens (tertiary/aromatic N) is 4. The highest BCUT2D eigenvalue weighted by atomic mass is 16.4. The molecule has 0 unspecified atom stereocenters. The quantitative estimate of drug-likeness (QED) is 0.454. The Labute approximate surface area is 193 Å². The number of carboxylic acids is 1. The molecule has 1 aliphatic carbocycles. The van der Waals surface area contributed by atoms with Crippen molar-refractivity contribution in [3.8, 4) is 11.1 Å². The summed E-state index contributed by atoms with van der Waals surface area (Å²) in [7, 11) is 0. The minimum absolute atomic E-state index is 0.0420. The Kier molecular flexibility index (Phi) is 7.27. The summed E-state index contributed by atoms with van der Waals surface area (Å²) in [5, 5.41) is 14.0. The number of aryl methyl sites for hydroxylation is 1. The van der Waals surface area contributed by atoms with E-state index < -0.39 is 5.97 Å². The molecule has 33 heavy (non-hydrogen) atoms. The standard InChI is InChI=1S/C26H30N4O3/c1-2-3-15-30-23(28-25(29-30)24(31)18-9-5-4-6-10-18)16-20-14-13-19(17-27-20)21-11-7-8-12-22(21)26(32)33/h7-8,11-14,17-18H,2-6,9-10,15-16H2,1H3,(H,32,33). The molecule has 7 nitrogen and oxygen atoms in total. The van der Waals surface area contributed by atoms with Crippen LogP contribution in [0.15, 0.2) is 42.6 Å². The molecular weight excluding hydrogens is 416 g/mol. The van der Waals surface area contributed by atoms with E-state index in [-0.39, 0.29) is 17.3 Å². The number of unbranched alkanes of at least 4 members (excludes halogenated alkanes) is 1. The van der Waals surface area contributed by atoms with E-state index in [4.69, 9.17) is 0 Å². The fraction of sp³-hybridized carbons (Fsp3) is 0.423. The minimum atomic E-state index is -0.964. The summed E-state index contributed by atoms with van der Waals surface area (Å²) in [4.78, 5) is 33.7. The third kappa shape index (κ3) is 5.35. The van der Waals surface area contributed by atoms with Gasteiger partial charge < -0.3 is 5.11 Å². The molecule has 0 spiro atoms. The molecule has 1 aromatic carbocycles. The molecule has 1 fully saturated rings. The van der Waals surface area contributed by atoms with Gasteiger partial charge in [0, 0.05) is 36.3 Å². The first kappa shape index (κ1) is 22.8. The summed E-state index contributed by atoms with van der Waals surface area (Å²) in [6, 6.07) is 10.7. The number of carbonyl (C=O) groups excluding carboxylic acids is 1. The van der Waals surface area contributed by atoms with Crippen molar-refractivity contribution < 1.29 is 14.7 Å². The second-order valence-corrected chi connectivity index (χ2v) is 8.69. The van der Waals surface area contributed by atoms with Crippen molar-refractivity contribution in [3.05, 3.63) is 65.5 Å². The molecule has 0 bridgehead atoms. The summed E-state index contributed by atoms with van der Waals surface area (Å²) < 4.78 is 1.86. The summed E-state index contributed by atoms with van der Waals surface area (Å²) in [5.41, 5.74) is 2.43. The molecule has 0 atom stereocenters. The van der Waals surface area contributed by atoms with E-state index in [1.165, 1.54) is 6.42 Å². The van der Waals surface area contributed by atoms with Gasteiger partial charge >= 0.3 is 5.97 Å². The number of benzene rings is 1. The number of pyridine rings is 1. The van der Waals surface area contributed by atoms with E-state index in [9.17, 15) is 14.7 Å².